The Morgan fingerprint density at radius 3 is 2.44 bits per heavy atom. The molecule has 8 heteroatoms. The lowest BCUT2D eigenvalue weighted by Gasteiger charge is -2.13. The number of aromatic nitrogens is 3. The van der Waals surface area contributed by atoms with E-state index in [-0.39, 0.29) is 6.61 Å². The Labute approximate surface area is 159 Å². The van der Waals surface area contributed by atoms with Crippen molar-refractivity contribution in [1.29, 1.82) is 0 Å². The first-order chi connectivity index (χ1) is 12.1. The zero-order valence-corrected chi connectivity index (χ0v) is 15.1. The van der Waals surface area contributed by atoms with E-state index in [9.17, 15) is 0 Å². The third kappa shape index (κ3) is 4.74. The Hall–Kier alpha value is -2.05. The number of hydrogen-bond donors (Lipinski definition) is 1. The molecule has 0 saturated carbocycles. The van der Waals surface area contributed by atoms with Gasteiger partial charge in [0.25, 0.3) is 0 Å². The van der Waals surface area contributed by atoms with Gasteiger partial charge in [-0.1, -0.05) is 53.0 Å². The molecule has 1 aromatic heterocycles. The van der Waals surface area contributed by atoms with Crippen LogP contribution in [-0.4, -0.2) is 14.8 Å². The third-order valence-electron chi connectivity index (χ3n) is 3.31. The van der Waals surface area contributed by atoms with Crippen LogP contribution in [-0.2, 0) is 11.4 Å². The molecule has 0 radical (unpaired) electrons. The largest absolute Gasteiger partial charge is 0.271 e. The van der Waals surface area contributed by atoms with Crippen molar-refractivity contribution < 1.29 is 4.84 Å². The molecule has 3 rings (SSSR count). The van der Waals surface area contributed by atoms with Crippen LogP contribution in [0, 0.1) is 0 Å². The van der Waals surface area contributed by atoms with Gasteiger partial charge in [-0.3, -0.25) is 10.3 Å². The van der Waals surface area contributed by atoms with Gasteiger partial charge in [0.1, 0.15) is 19.3 Å². The van der Waals surface area contributed by atoms with Crippen LogP contribution in [0.15, 0.2) is 55.1 Å². The van der Waals surface area contributed by atoms with Gasteiger partial charge >= 0.3 is 0 Å². The molecule has 2 aromatic carbocycles. The summed E-state index contributed by atoms with van der Waals surface area (Å²) in [4.78, 5) is 9.51. The van der Waals surface area contributed by atoms with Gasteiger partial charge in [-0.15, -0.1) is 0 Å². The molecule has 0 fully saturated rings. The fraction of sp³-hybridized carbons (Fsp3) is 0.0588. The zero-order chi connectivity index (χ0) is 17.6. The molecular formula is C17H13Cl3N4O. The van der Waals surface area contributed by atoms with Crippen LogP contribution in [0.25, 0.3) is 11.9 Å². The van der Waals surface area contributed by atoms with Gasteiger partial charge in [0.15, 0.2) is 0 Å². The van der Waals surface area contributed by atoms with E-state index in [1.54, 1.807) is 47.5 Å². The summed E-state index contributed by atoms with van der Waals surface area (Å²) in [5.41, 5.74) is 5.15. The van der Waals surface area contributed by atoms with Gasteiger partial charge < -0.3 is 0 Å². The highest BCUT2D eigenvalue weighted by atomic mass is 35.5. The molecule has 3 aromatic rings. The lowest BCUT2D eigenvalue weighted by atomic mass is 10.2. The number of hydroxylamine groups is 1. The molecule has 0 aliphatic rings. The summed E-state index contributed by atoms with van der Waals surface area (Å²) in [6.07, 6.45) is 4.76. The van der Waals surface area contributed by atoms with Crippen molar-refractivity contribution in [3.8, 4) is 0 Å². The maximum atomic E-state index is 6.15. The first-order valence-electron chi connectivity index (χ1n) is 7.26. The van der Waals surface area contributed by atoms with E-state index in [1.165, 1.54) is 6.33 Å². The van der Waals surface area contributed by atoms with Gasteiger partial charge in [-0.25, -0.2) is 9.67 Å². The summed E-state index contributed by atoms with van der Waals surface area (Å²) in [6.45, 7) is 0.195. The molecule has 0 amide bonds. The van der Waals surface area contributed by atoms with E-state index in [0.717, 1.165) is 5.56 Å². The molecule has 0 unspecified atom stereocenters. The maximum Gasteiger partial charge on any atom is 0.138 e. The Bertz CT molecular complexity index is 844. The lowest BCUT2D eigenvalue weighted by Crippen LogP contribution is -2.14. The molecular weight excluding hydrogens is 383 g/mol. The highest BCUT2D eigenvalue weighted by Crippen LogP contribution is 2.25. The van der Waals surface area contributed by atoms with Gasteiger partial charge in [0.05, 0.1) is 11.9 Å². The molecule has 1 N–H and O–H groups in total. The predicted octanol–water partition coefficient (Wildman–Crippen LogP) is 4.92. The second-order valence-corrected chi connectivity index (χ2v) is 6.27. The molecule has 128 valence electrons. The fourth-order valence-corrected chi connectivity index (χ4v) is 2.69. The average Bonchev–Trinajstić information content (AvgIpc) is 3.10. The minimum Gasteiger partial charge on any atom is -0.271 e. The molecule has 0 spiro atoms. The normalized spacial score (nSPS) is 11.6. The molecule has 5 nitrogen and oxygen atoms in total. The van der Waals surface area contributed by atoms with Crippen molar-refractivity contribution in [3.63, 3.8) is 0 Å². The SMILES string of the molecule is Clc1ccc(C(=Cn2cncn2)NOCc2c(Cl)cccc2Cl)cc1. The first-order valence-corrected chi connectivity index (χ1v) is 8.39. The Balaban J connectivity index is 1.77. The van der Waals surface area contributed by atoms with Crippen LogP contribution in [0.2, 0.25) is 15.1 Å². The van der Waals surface area contributed by atoms with Crippen LogP contribution in [0.3, 0.4) is 0 Å². The van der Waals surface area contributed by atoms with Crippen molar-refractivity contribution >= 4 is 46.7 Å². The van der Waals surface area contributed by atoms with Crippen molar-refractivity contribution in [1.82, 2.24) is 20.2 Å². The van der Waals surface area contributed by atoms with Crippen LogP contribution < -0.4 is 5.48 Å². The topological polar surface area (TPSA) is 52.0 Å². The fourth-order valence-electron chi connectivity index (χ4n) is 2.06. The number of benzene rings is 2. The lowest BCUT2D eigenvalue weighted by molar-refractivity contribution is 0.0650. The number of rotatable bonds is 6. The third-order valence-corrected chi connectivity index (χ3v) is 4.27. The van der Waals surface area contributed by atoms with Crippen molar-refractivity contribution in [2.45, 2.75) is 6.61 Å². The second kappa shape index (κ2) is 8.36. The Kier molecular flexibility index (Phi) is 5.94. The zero-order valence-electron chi connectivity index (χ0n) is 12.9. The summed E-state index contributed by atoms with van der Waals surface area (Å²) in [5.74, 6) is 0. The summed E-state index contributed by atoms with van der Waals surface area (Å²) in [6, 6.07) is 12.6. The minimum absolute atomic E-state index is 0.195. The van der Waals surface area contributed by atoms with Gasteiger partial charge in [0, 0.05) is 26.2 Å². The van der Waals surface area contributed by atoms with Crippen LogP contribution in [0.4, 0.5) is 0 Å². The first kappa shape index (κ1) is 17.8. The van der Waals surface area contributed by atoms with Crippen molar-refractivity contribution in [3.05, 3.63) is 81.3 Å². The smallest absolute Gasteiger partial charge is 0.138 e. The van der Waals surface area contributed by atoms with Gasteiger partial charge in [0.2, 0.25) is 0 Å². The summed E-state index contributed by atoms with van der Waals surface area (Å²) < 4.78 is 1.56. The number of nitrogens with zero attached hydrogens (tertiary/aromatic N) is 3. The van der Waals surface area contributed by atoms with E-state index in [2.05, 4.69) is 15.6 Å². The number of halogens is 3. The minimum atomic E-state index is 0.195. The van der Waals surface area contributed by atoms with E-state index in [4.69, 9.17) is 39.6 Å². The molecule has 25 heavy (non-hydrogen) atoms. The maximum absolute atomic E-state index is 6.15. The Morgan fingerprint density at radius 1 is 1.08 bits per heavy atom. The molecule has 0 bridgehead atoms. The van der Waals surface area contributed by atoms with Crippen molar-refractivity contribution in [2.24, 2.45) is 0 Å². The second-order valence-electron chi connectivity index (χ2n) is 5.02. The highest BCUT2D eigenvalue weighted by Gasteiger charge is 2.08. The number of nitrogens with one attached hydrogen (secondary N) is 1. The van der Waals surface area contributed by atoms with Gasteiger partial charge in [-0.05, 0) is 24.3 Å². The summed E-state index contributed by atoms with van der Waals surface area (Å²) >= 11 is 18.3. The van der Waals surface area contributed by atoms with Crippen LogP contribution in [0.5, 0.6) is 0 Å². The van der Waals surface area contributed by atoms with E-state index in [0.29, 0.717) is 26.3 Å². The van der Waals surface area contributed by atoms with Crippen molar-refractivity contribution in [2.75, 3.05) is 0 Å². The molecule has 1 heterocycles. The molecule has 0 aliphatic carbocycles. The Morgan fingerprint density at radius 2 is 1.80 bits per heavy atom. The quantitative estimate of drug-likeness (QED) is 0.602. The molecule has 0 aliphatic heterocycles. The number of hydrogen-bond acceptors (Lipinski definition) is 4. The monoisotopic (exact) mass is 394 g/mol. The highest BCUT2D eigenvalue weighted by molar-refractivity contribution is 6.35. The van der Waals surface area contributed by atoms with E-state index in [1.807, 2.05) is 12.1 Å². The average molecular weight is 396 g/mol. The predicted molar refractivity (Wildman–Crippen MR) is 100 cm³/mol. The molecule has 0 atom stereocenters. The van der Waals surface area contributed by atoms with E-state index < -0.39 is 0 Å². The van der Waals surface area contributed by atoms with Crippen LogP contribution in [0.1, 0.15) is 11.1 Å². The molecule has 0 saturated heterocycles. The van der Waals surface area contributed by atoms with E-state index >= 15 is 0 Å². The van der Waals surface area contributed by atoms with Crippen LogP contribution >= 0.6 is 34.8 Å². The van der Waals surface area contributed by atoms with Gasteiger partial charge in [-0.2, -0.15) is 5.10 Å². The standard InChI is InChI=1S/C17H13Cl3N4O/c18-13-6-4-12(5-7-13)17(8-24-11-21-10-22-24)23-25-9-14-15(19)2-1-3-16(14)20/h1-8,10-11,23H,9H2. The summed E-state index contributed by atoms with van der Waals surface area (Å²) in [7, 11) is 0. The summed E-state index contributed by atoms with van der Waals surface area (Å²) in [5, 5.41) is 5.79.